The van der Waals surface area contributed by atoms with Crippen LogP contribution in [0.4, 0.5) is 0 Å². The molecule has 0 saturated heterocycles. The Hall–Kier alpha value is -0.980. The van der Waals surface area contributed by atoms with E-state index in [-0.39, 0.29) is 6.04 Å². The molecule has 0 fully saturated rings. The third-order valence-electron chi connectivity index (χ3n) is 1.93. The number of aromatic nitrogens is 3. The van der Waals surface area contributed by atoms with Crippen LogP contribution in [0, 0.1) is 0 Å². The summed E-state index contributed by atoms with van der Waals surface area (Å²) in [5, 5.41) is 7.88. The number of nitrogens with zero attached hydrogens (tertiary/aromatic N) is 4. The van der Waals surface area contributed by atoms with Crippen molar-refractivity contribution in [2.45, 2.75) is 12.5 Å². The topological polar surface area (TPSA) is 72.0 Å². The van der Waals surface area contributed by atoms with Gasteiger partial charge >= 0.3 is 0 Å². The highest BCUT2D eigenvalue weighted by Gasteiger charge is 2.10. The fraction of sp³-hybridized carbons (Fsp3) is 0.750. The molecule has 0 spiro atoms. The van der Waals surface area contributed by atoms with Crippen molar-refractivity contribution in [3.8, 4) is 0 Å². The molecule has 1 unspecified atom stereocenters. The molecule has 0 aliphatic rings. The lowest BCUT2D eigenvalue weighted by Gasteiger charge is -2.18. The standard InChI is InChI=1S/C8H18N6/c1-13(2)5-7(10-9)4-8-6-14(3)12-11-8/h6-7,10H,4-5,9H2,1-3H3. The first kappa shape index (κ1) is 11.1. The normalized spacial score (nSPS) is 13.5. The third kappa shape index (κ3) is 3.41. The van der Waals surface area contributed by atoms with E-state index < -0.39 is 0 Å². The minimum Gasteiger partial charge on any atom is -0.308 e. The quantitative estimate of drug-likeness (QED) is 0.457. The van der Waals surface area contributed by atoms with Crippen molar-refractivity contribution in [3.63, 3.8) is 0 Å². The Kier molecular flexibility index (Phi) is 3.99. The molecule has 0 aliphatic carbocycles. The van der Waals surface area contributed by atoms with Crippen LogP contribution in [0.5, 0.6) is 0 Å². The van der Waals surface area contributed by atoms with Crippen molar-refractivity contribution in [1.82, 2.24) is 25.3 Å². The molecule has 1 atom stereocenters. The molecule has 6 heteroatoms. The Labute approximate surface area is 84.0 Å². The van der Waals surface area contributed by atoms with Crippen molar-refractivity contribution in [1.29, 1.82) is 0 Å². The molecular formula is C8H18N6. The molecule has 0 aromatic carbocycles. The van der Waals surface area contributed by atoms with Crippen molar-refractivity contribution in [3.05, 3.63) is 11.9 Å². The lowest BCUT2D eigenvalue weighted by molar-refractivity contribution is 0.337. The van der Waals surface area contributed by atoms with Crippen LogP contribution < -0.4 is 11.3 Å². The summed E-state index contributed by atoms with van der Waals surface area (Å²) in [5.41, 5.74) is 3.73. The number of aryl methyl sites for hydroxylation is 1. The SMILES string of the molecule is CN(C)CC(Cc1cn(C)nn1)NN. The average molecular weight is 198 g/mol. The van der Waals surface area contributed by atoms with Gasteiger partial charge in [-0.25, -0.2) is 0 Å². The van der Waals surface area contributed by atoms with Crippen LogP contribution in [0.15, 0.2) is 6.20 Å². The van der Waals surface area contributed by atoms with Gasteiger partial charge in [0.25, 0.3) is 0 Å². The summed E-state index contributed by atoms with van der Waals surface area (Å²) in [5.74, 6) is 5.44. The van der Waals surface area contributed by atoms with Crippen molar-refractivity contribution < 1.29 is 0 Å². The number of hydrazine groups is 1. The van der Waals surface area contributed by atoms with E-state index in [1.165, 1.54) is 0 Å². The predicted molar refractivity (Wildman–Crippen MR) is 54.4 cm³/mol. The van der Waals surface area contributed by atoms with E-state index >= 15 is 0 Å². The maximum absolute atomic E-state index is 5.44. The number of likely N-dealkylation sites (N-methyl/N-ethyl adjacent to an activating group) is 1. The minimum absolute atomic E-state index is 0.210. The fourth-order valence-corrected chi connectivity index (χ4v) is 1.36. The number of hydrogen-bond acceptors (Lipinski definition) is 5. The maximum atomic E-state index is 5.44. The molecule has 0 saturated carbocycles. The van der Waals surface area contributed by atoms with Crippen molar-refractivity contribution >= 4 is 0 Å². The van der Waals surface area contributed by atoms with Gasteiger partial charge in [0.15, 0.2) is 0 Å². The molecule has 0 radical (unpaired) electrons. The molecule has 0 bridgehead atoms. The molecule has 3 N–H and O–H groups in total. The third-order valence-corrected chi connectivity index (χ3v) is 1.93. The van der Waals surface area contributed by atoms with E-state index in [1.54, 1.807) is 4.68 Å². The molecule has 1 aromatic heterocycles. The van der Waals surface area contributed by atoms with Crippen molar-refractivity contribution in [2.75, 3.05) is 20.6 Å². The van der Waals surface area contributed by atoms with Gasteiger partial charge in [-0.2, -0.15) is 0 Å². The zero-order valence-electron chi connectivity index (χ0n) is 8.94. The van der Waals surface area contributed by atoms with Crippen LogP contribution in [0.3, 0.4) is 0 Å². The Morgan fingerprint density at radius 3 is 2.79 bits per heavy atom. The zero-order valence-corrected chi connectivity index (χ0v) is 8.94. The second kappa shape index (κ2) is 5.04. The van der Waals surface area contributed by atoms with Gasteiger partial charge in [-0.1, -0.05) is 5.21 Å². The molecule has 1 heterocycles. The van der Waals surface area contributed by atoms with E-state index in [0.29, 0.717) is 0 Å². The van der Waals surface area contributed by atoms with E-state index in [2.05, 4.69) is 20.6 Å². The van der Waals surface area contributed by atoms with E-state index in [9.17, 15) is 0 Å². The van der Waals surface area contributed by atoms with Gasteiger partial charge in [-0.05, 0) is 14.1 Å². The predicted octanol–water partition coefficient (Wildman–Crippen LogP) is -1.25. The first-order chi connectivity index (χ1) is 6.61. The first-order valence-corrected chi connectivity index (χ1v) is 4.58. The van der Waals surface area contributed by atoms with E-state index in [4.69, 9.17) is 5.84 Å². The second-order valence-corrected chi connectivity index (χ2v) is 3.71. The van der Waals surface area contributed by atoms with Crippen LogP contribution >= 0.6 is 0 Å². The molecule has 14 heavy (non-hydrogen) atoms. The number of nitrogens with two attached hydrogens (primary N) is 1. The summed E-state index contributed by atoms with van der Waals surface area (Å²) in [4.78, 5) is 2.08. The monoisotopic (exact) mass is 198 g/mol. The van der Waals surface area contributed by atoms with Gasteiger partial charge in [0.1, 0.15) is 0 Å². The second-order valence-electron chi connectivity index (χ2n) is 3.71. The van der Waals surface area contributed by atoms with Crippen LogP contribution in [0.1, 0.15) is 5.69 Å². The zero-order chi connectivity index (χ0) is 10.6. The summed E-state index contributed by atoms with van der Waals surface area (Å²) >= 11 is 0. The molecule has 80 valence electrons. The highest BCUT2D eigenvalue weighted by atomic mass is 15.4. The molecule has 0 aliphatic heterocycles. The van der Waals surface area contributed by atoms with Gasteiger partial charge in [-0.15, -0.1) is 5.10 Å². The van der Waals surface area contributed by atoms with Crippen molar-refractivity contribution in [2.24, 2.45) is 12.9 Å². The van der Waals surface area contributed by atoms with Gasteiger partial charge in [-0.3, -0.25) is 16.0 Å². The Morgan fingerprint density at radius 1 is 1.64 bits per heavy atom. The molecule has 1 rings (SSSR count). The van der Waals surface area contributed by atoms with Gasteiger partial charge in [0, 0.05) is 32.3 Å². The van der Waals surface area contributed by atoms with Crippen LogP contribution in [-0.2, 0) is 13.5 Å². The Bertz CT molecular complexity index is 269. The van der Waals surface area contributed by atoms with E-state index in [1.807, 2.05) is 27.3 Å². The molecule has 0 amide bonds. The highest BCUT2D eigenvalue weighted by molar-refractivity contribution is 4.95. The lowest BCUT2D eigenvalue weighted by Crippen LogP contribution is -2.43. The molecule has 1 aromatic rings. The summed E-state index contributed by atoms with van der Waals surface area (Å²) in [6, 6.07) is 0.210. The molecule has 6 nitrogen and oxygen atoms in total. The summed E-state index contributed by atoms with van der Waals surface area (Å²) in [7, 11) is 5.88. The number of rotatable bonds is 5. The van der Waals surface area contributed by atoms with Gasteiger partial charge in [0.05, 0.1) is 5.69 Å². The van der Waals surface area contributed by atoms with Gasteiger partial charge < -0.3 is 4.90 Å². The van der Waals surface area contributed by atoms with Gasteiger partial charge in [0.2, 0.25) is 0 Å². The fourth-order valence-electron chi connectivity index (χ4n) is 1.36. The lowest BCUT2D eigenvalue weighted by atomic mass is 10.1. The highest BCUT2D eigenvalue weighted by Crippen LogP contribution is 1.98. The minimum atomic E-state index is 0.210. The smallest absolute Gasteiger partial charge is 0.0843 e. The van der Waals surface area contributed by atoms with E-state index in [0.717, 1.165) is 18.7 Å². The van der Waals surface area contributed by atoms with Crippen LogP contribution in [0.25, 0.3) is 0 Å². The summed E-state index contributed by atoms with van der Waals surface area (Å²) in [6.45, 7) is 0.882. The number of hydrogen-bond donors (Lipinski definition) is 2. The average Bonchev–Trinajstić information content (AvgIpc) is 2.49. The molecular weight excluding hydrogens is 180 g/mol. The Morgan fingerprint density at radius 2 is 2.36 bits per heavy atom. The largest absolute Gasteiger partial charge is 0.308 e. The summed E-state index contributed by atoms with van der Waals surface area (Å²) < 4.78 is 1.69. The Balaban J connectivity index is 2.48. The van der Waals surface area contributed by atoms with Crippen LogP contribution in [0.2, 0.25) is 0 Å². The maximum Gasteiger partial charge on any atom is 0.0843 e. The number of nitrogens with one attached hydrogen (secondary N) is 1. The van der Waals surface area contributed by atoms with Crippen LogP contribution in [-0.4, -0.2) is 46.6 Å². The first-order valence-electron chi connectivity index (χ1n) is 4.58. The summed E-state index contributed by atoms with van der Waals surface area (Å²) in [6.07, 6.45) is 2.70.